The highest BCUT2D eigenvalue weighted by Gasteiger charge is 2.23. The number of ether oxygens (including phenoxy) is 1. The first-order valence-corrected chi connectivity index (χ1v) is 8.53. The maximum absolute atomic E-state index is 12.2. The van der Waals surface area contributed by atoms with E-state index in [4.69, 9.17) is 4.74 Å². The van der Waals surface area contributed by atoms with Crippen molar-refractivity contribution >= 4 is 23.5 Å². The van der Waals surface area contributed by atoms with Crippen molar-refractivity contribution in [3.8, 4) is 0 Å². The molecule has 0 fully saturated rings. The van der Waals surface area contributed by atoms with Crippen LogP contribution in [0.2, 0.25) is 0 Å². The number of methoxy groups -OCH3 is 1. The van der Waals surface area contributed by atoms with Crippen molar-refractivity contribution in [2.45, 2.75) is 46.1 Å². The predicted octanol–water partition coefficient (Wildman–Crippen LogP) is 2.75. The van der Waals surface area contributed by atoms with E-state index in [1.54, 1.807) is 0 Å². The highest BCUT2D eigenvalue weighted by molar-refractivity contribution is 5.91. The summed E-state index contributed by atoms with van der Waals surface area (Å²) in [6, 6.07) is 8.52. The van der Waals surface area contributed by atoms with Crippen molar-refractivity contribution in [1.29, 1.82) is 0 Å². The van der Waals surface area contributed by atoms with Crippen LogP contribution in [-0.4, -0.2) is 30.9 Å². The van der Waals surface area contributed by atoms with Crippen LogP contribution in [0.5, 0.6) is 0 Å². The highest BCUT2D eigenvalue weighted by atomic mass is 16.5. The summed E-state index contributed by atoms with van der Waals surface area (Å²) in [6.45, 7) is 5.77. The van der Waals surface area contributed by atoms with Crippen LogP contribution in [0, 0.1) is 11.8 Å². The number of anilines is 1. The lowest BCUT2D eigenvalue weighted by Gasteiger charge is -2.19. The molecule has 0 heterocycles. The number of esters is 1. The molecular weight excluding hydrogens is 320 g/mol. The van der Waals surface area contributed by atoms with Gasteiger partial charge in [-0.1, -0.05) is 39.0 Å². The summed E-state index contributed by atoms with van der Waals surface area (Å²) in [5.41, 5.74) is 0.729. The molecule has 0 radical (unpaired) electrons. The number of hydrogen-bond donors (Lipinski definition) is 2. The monoisotopic (exact) mass is 348 g/mol. The van der Waals surface area contributed by atoms with Gasteiger partial charge in [-0.25, -0.2) is 4.79 Å². The molecular formula is C19H28N2O4. The minimum absolute atomic E-state index is 0.138. The zero-order valence-corrected chi connectivity index (χ0v) is 15.4. The van der Waals surface area contributed by atoms with Crippen molar-refractivity contribution in [1.82, 2.24) is 5.32 Å². The van der Waals surface area contributed by atoms with E-state index in [0.29, 0.717) is 6.42 Å². The summed E-state index contributed by atoms with van der Waals surface area (Å²) in [5.74, 6) is -0.731. The van der Waals surface area contributed by atoms with Crippen molar-refractivity contribution in [2.75, 3.05) is 12.4 Å². The molecule has 0 aromatic heterocycles. The van der Waals surface area contributed by atoms with E-state index in [2.05, 4.69) is 10.6 Å². The number of benzene rings is 1. The lowest BCUT2D eigenvalue weighted by Crippen LogP contribution is -2.42. The molecule has 2 atom stereocenters. The van der Waals surface area contributed by atoms with Gasteiger partial charge in [0.25, 0.3) is 0 Å². The Hall–Kier alpha value is -2.37. The van der Waals surface area contributed by atoms with Crippen LogP contribution in [0.3, 0.4) is 0 Å². The predicted molar refractivity (Wildman–Crippen MR) is 96.9 cm³/mol. The fraction of sp³-hybridized carbons (Fsp3) is 0.526. The summed E-state index contributed by atoms with van der Waals surface area (Å²) < 4.78 is 4.73. The van der Waals surface area contributed by atoms with Gasteiger partial charge in [0, 0.05) is 18.5 Å². The van der Waals surface area contributed by atoms with Crippen molar-refractivity contribution in [3.05, 3.63) is 30.3 Å². The Labute approximate surface area is 149 Å². The minimum Gasteiger partial charge on any atom is -0.467 e. The highest BCUT2D eigenvalue weighted by Crippen LogP contribution is 2.12. The second-order valence-corrected chi connectivity index (χ2v) is 6.70. The van der Waals surface area contributed by atoms with Crippen molar-refractivity contribution < 1.29 is 19.1 Å². The fourth-order valence-electron chi connectivity index (χ4n) is 2.52. The third-order valence-electron chi connectivity index (χ3n) is 3.65. The summed E-state index contributed by atoms with van der Waals surface area (Å²) >= 11 is 0. The molecule has 6 heteroatoms. The van der Waals surface area contributed by atoms with E-state index in [1.807, 2.05) is 51.1 Å². The molecule has 2 N–H and O–H groups in total. The third kappa shape index (κ3) is 8.33. The van der Waals surface area contributed by atoms with Gasteiger partial charge in [0.2, 0.25) is 11.8 Å². The van der Waals surface area contributed by atoms with Crippen LogP contribution >= 0.6 is 0 Å². The molecule has 2 amide bonds. The molecule has 0 bridgehead atoms. The molecule has 25 heavy (non-hydrogen) atoms. The van der Waals surface area contributed by atoms with Gasteiger partial charge in [-0.15, -0.1) is 0 Å². The van der Waals surface area contributed by atoms with E-state index in [1.165, 1.54) is 7.11 Å². The maximum Gasteiger partial charge on any atom is 0.328 e. The third-order valence-corrected chi connectivity index (χ3v) is 3.65. The Morgan fingerprint density at radius 3 is 2.16 bits per heavy atom. The Morgan fingerprint density at radius 2 is 1.60 bits per heavy atom. The average molecular weight is 348 g/mol. The smallest absolute Gasteiger partial charge is 0.328 e. The summed E-state index contributed by atoms with van der Waals surface area (Å²) in [7, 11) is 1.30. The standard InChI is InChI=1S/C19H28N2O4/c1-13(2)10-16(19(24)25-4)21-18(23)12-14(3)11-17(22)20-15-8-6-5-7-9-15/h5-9,13-14,16H,10-12H2,1-4H3,(H,20,22)(H,21,23). The number of amides is 2. The van der Waals surface area contributed by atoms with Crippen LogP contribution in [0.15, 0.2) is 30.3 Å². The van der Waals surface area contributed by atoms with Gasteiger partial charge in [0.1, 0.15) is 6.04 Å². The topological polar surface area (TPSA) is 84.5 Å². The number of carbonyl (C=O) groups is 3. The SMILES string of the molecule is COC(=O)C(CC(C)C)NC(=O)CC(C)CC(=O)Nc1ccccc1. The molecule has 0 aliphatic heterocycles. The van der Waals surface area contributed by atoms with E-state index >= 15 is 0 Å². The Kier molecular flexibility index (Phi) is 8.67. The van der Waals surface area contributed by atoms with Gasteiger partial charge in [-0.3, -0.25) is 9.59 Å². The quantitative estimate of drug-likeness (QED) is 0.672. The summed E-state index contributed by atoms with van der Waals surface area (Å²) in [4.78, 5) is 35.9. The van der Waals surface area contributed by atoms with Gasteiger partial charge in [-0.05, 0) is 30.4 Å². The molecule has 0 spiro atoms. The molecule has 1 rings (SSSR count). The molecule has 138 valence electrons. The van der Waals surface area contributed by atoms with Gasteiger partial charge in [-0.2, -0.15) is 0 Å². The number of carbonyl (C=O) groups excluding carboxylic acids is 3. The Morgan fingerprint density at radius 1 is 1.00 bits per heavy atom. The molecule has 0 saturated carbocycles. The first-order valence-electron chi connectivity index (χ1n) is 8.53. The molecule has 1 aromatic rings. The van der Waals surface area contributed by atoms with Crippen LogP contribution in [0.4, 0.5) is 5.69 Å². The number of hydrogen-bond acceptors (Lipinski definition) is 4. The lowest BCUT2D eigenvalue weighted by atomic mass is 10.0. The number of nitrogens with one attached hydrogen (secondary N) is 2. The summed E-state index contributed by atoms with van der Waals surface area (Å²) in [5, 5.41) is 5.50. The van der Waals surface area contributed by atoms with Crippen LogP contribution in [-0.2, 0) is 19.1 Å². The summed E-state index contributed by atoms with van der Waals surface area (Å²) in [6.07, 6.45) is 0.921. The molecule has 0 aliphatic carbocycles. The van der Waals surface area contributed by atoms with Crippen LogP contribution in [0.25, 0.3) is 0 Å². The first-order chi connectivity index (χ1) is 11.8. The molecule has 2 unspecified atom stereocenters. The molecule has 0 aliphatic rings. The Balaban J connectivity index is 2.46. The van der Waals surface area contributed by atoms with Crippen molar-refractivity contribution in [2.24, 2.45) is 11.8 Å². The largest absolute Gasteiger partial charge is 0.467 e. The first kappa shape index (κ1) is 20.7. The average Bonchev–Trinajstić information content (AvgIpc) is 2.53. The van der Waals surface area contributed by atoms with Gasteiger partial charge < -0.3 is 15.4 Å². The zero-order valence-electron chi connectivity index (χ0n) is 15.4. The maximum atomic E-state index is 12.2. The number of rotatable bonds is 9. The van der Waals surface area contributed by atoms with Gasteiger partial charge in [0.15, 0.2) is 0 Å². The fourth-order valence-corrected chi connectivity index (χ4v) is 2.52. The minimum atomic E-state index is -0.650. The van der Waals surface area contributed by atoms with E-state index in [0.717, 1.165) is 5.69 Å². The Bertz CT molecular complexity index is 572. The zero-order chi connectivity index (χ0) is 18.8. The second kappa shape index (κ2) is 10.5. The van der Waals surface area contributed by atoms with Crippen molar-refractivity contribution in [3.63, 3.8) is 0 Å². The lowest BCUT2D eigenvalue weighted by molar-refractivity contribution is -0.145. The van der Waals surface area contributed by atoms with Gasteiger partial charge in [0.05, 0.1) is 7.11 Å². The van der Waals surface area contributed by atoms with Crippen LogP contribution in [0.1, 0.15) is 40.0 Å². The van der Waals surface area contributed by atoms with Gasteiger partial charge >= 0.3 is 5.97 Å². The number of para-hydroxylation sites is 1. The molecule has 0 saturated heterocycles. The molecule has 6 nitrogen and oxygen atoms in total. The normalized spacial score (nSPS) is 13.0. The van der Waals surface area contributed by atoms with E-state index < -0.39 is 12.0 Å². The second-order valence-electron chi connectivity index (χ2n) is 6.70. The molecule has 1 aromatic carbocycles. The van der Waals surface area contributed by atoms with Crippen LogP contribution < -0.4 is 10.6 Å². The van der Waals surface area contributed by atoms with E-state index in [9.17, 15) is 14.4 Å². The van der Waals surface area contributed by atoms with E-state index in [-0.39, 0.29) is 36.5 Å².